The highest BCUT2D eigenvalue weighted by Crippen LogP contribution is 2.15. The Morgan fingerprint density at radius 2 is 1.21 bits per heavy atom. The first kappa shape index (κ1) is 13.3. The summed E-state index contributed by atoms with van der Waals surface area (Å²) >= 11 is 0. The first-order valence-corrected chi connectivity index (χ1v) is 5.58. The Hall–Kier alpha value is -0.660. The minimum atomic E-state index is 0.522. The van der Waals surface area contributed by atoms with Crippen molar-refractivity contribution in [3.63, 3.8) is 0 Å². The van der Waals surface area contributed by atoms with E-state index >= 15 is 0 Å². The topological polar surface area (TPSA) is 34.1 Å². The molecule has 0 saturated heterocycles. The van der Waals surface area contributed by atoms with Gasteiger partial charge in [0.25, 0.3) is 0 Å². The maximum atomic E-state index is 10.2. The summed E-state index contributed by atoms with van der Waals surface area (Å²) in [7, 11) is 0. The molecule has 0 aliphatic carbocycles. The zero-order chi connectivity index (χ0) is 10.8. The van der Waals surface area contributed by atoms with Gasteiger partial charge in [0.15, 0.2) is 0 Å². The largest absolute Gasteiger partial charge is 0.303 e. The number of carbonyl (C=O) groups excluding carboxylic acids is 2. The second kappa shape index (κ2) is 8.92. The fourth-order valence-corrected chi connectivity index (χ4v) is 1.55. The fraction of sp³-hybridized carbons (Fsp3) is 0.833. The molecule has 0 heterocycles. The van der Waals surface area contributed by atoms with Gasteiger partial charge in [0, 0.05) is 12.8 Å². The molecule has 0 aromatic heterocycles. The summed E-state index contributed by atoms with van der Waals surface area (Å²) in [4.78, 5) is 20.4. The molecule has 0 rings (SSSR count). The molecule has 0 radical (unpaired) electrons. The highest BCUT2D eigenvalue weighted by molar-refractivity contribution is 5.49. The van der Waals surface area contributed by atoms with Gasteiger partial charge in [0.2, 0.25) is 0 Å². The van der Waals surface area contributed by atoms with Crippen molar-refractivity contribution in [2.75, 3.05) is 0 Å². The normalized spacial score (nSPS) is 14.7. The van der Waals surface area contributed by atoms with Crippen molar-refractivity contribution in [1.82, 2.24) is 0 Å². The highest BCUT2D eigenvalue weighted by atomic mass is 16.1. The molecule has 2 atom stereocenters. The van der Waals surface area contributed by atoms with Gasteiger partial charge in [-0.2, -0.15) is 0 Å². The molecule has 0 aliphatic rings. The maximum Gasteiger partial charge on any atom is 0.120 e. The van der Waals surface area contributed by atoms with E-state index in [1.54, 1.807) is 0 Å². The third kappa shape index (κ3) is 7.96. The predicted octanol–water partition coefficient (Wildman–Crippen LogP) is 3.00. The fourth-order valence-electron chi connectivity index (χ4n) is 1.55. The Bertz CT molecular complexity index is 136. The van der Waals surface area contributed by atoms with E-state index in [-0.39, 0.29) is 0 Å². The van der Waals surface area contributed by atoms with Crippen molar-refractivity contribution in [1.29, 1.82) is 0 Å². The smallest absolute Gasteiger partial charge is 0.120 e. The van der Waals surface area contributed by atoms with Crippen LogP contribution in [0.5, 0.6) is 0 Å². The third-order valence-corrected chi connectivity index (χ3v) is 2.64. The zero-order valence-electron chi connectivity index (χ0n) is 9.37. The van der Waals surface area contributed by atoms with Crippen molar-refractivity contribution in [2.45, 2.75) is 52.4 Å². The average Bonchev–Trinajstić information content (AvgIpc) is 2.13. The van der Waals surface area contributed by atoms with Gasteiger partial charge in [-0.25, -0.2) is 0 Å². The van der Waals surface area contributed by atoms with E-state index in [9.17, 15) is 9.59 Å². The number of unbranched alkanes of at least 4 members (excludes halogenated alkanes) is 1. The maximum absolute atomic E-state index is 10.2. The molecule has 2 unspecified atom stereocenters. The lowest BCUT2D eigenvalue weighted by atomic mass is 9.96. The van der Waals surface area contributed by atoms with Crippen LogP contribution in [0.1, 0.15) is 52.4 Å². The van der Waals surface area contributed by atoms with E-state index in [2.05, 4.69) is 13.8 Å². The second-order valence-electron chi connectivity index (χ2n) is 4.30. The molecule has 2 heteroatoms. The highest BCUT2D eigenvalue weighted by Gasteiger charge is 2.03. The van der Waals surface area contributed by atoms with Gasteiger partial charge in [0.1, 0.15) is 12.6 Å². The van der Waals surface area contributed by atoms with Crippen LogP contribution in [-0.4, -0.2) is 12.6 Å². The molecule has 82 valence electrons. The van der Waals surface area contributed by atoms with Gasteiger partial charge >= 0.3 is 0 Å². The van der Waals surface area contributed by atoms with E-state index in [0.29, 0.717) is 24.7 Å². The molecule has 0 N–H and O–H groups in total. The van der Waals surface area contributed by atoms with E-state index in [1.807, 2.05) is 0 Å². The number of aldehydes is 2. The van der Waals surface area contributed by atoms with Gasteiger partial charge in [-0.05, 0) is 11.8 Å². The summed E-state index contributed by atoms with van der Waals surface area (Å²) in [5.41, 5.74) is 0. The molecule has 0 aliphatic heterocycles. The SMILES string of the molecule is CC(CC=O)CCCCC(C)CC=O. The monoisotopic (exact) mass is 198 g/mol. The molecular weight excluding hydrogens is 176 g/mol. The Kier molecular flexibility index (Phi) is 8.50. The summed E-state index contributed by atoms with van der Waals surface area (Å²) < 4.78 is 0. The molecule has 14 heavy (non-hydrogen) atoms. The van der Waals surface area contributed by atoms with Crippen LogP contribution in [0.4, 0.5) is 0 Å². The van der Waals surface area contributed by atoms with Crippen LogP contribution in [0.15, 0.2) is 0 Å². The lowest BCUT2D eigenvalue weighted by Gasteiger charge is -2.09. The summed E-state index contributed by atoms with van der Waals surface area (Å²) in [5, 5.41) is 0. The van der Waals surface area contributed by atoms with Crippen molar-refractivity contribution in [2.24, 2.45) is 11.8 Å². The van der Waals surface area contributed by atoms with Gasteiger partial charge in [-0.3, -0.25) is 0 Å². The number of hydrogen-bond acceptors (Lipinski definition) is 2. The Labute approximate surface area is 87.1 Å². The summed E-state index contributed by atoms with van der Waals surface area (Å²) in [6.07, 6.45) is 7.99. The summed E-state index contributed by atoms with van der Waals surface area (Å²) in [6.45, 7) is 4.23. The van der Waals surface area contributed by atoms with Gasteiger partial charge in [-0.15, -0.1) is 0 Å². The van der Waals surface area contributed by atoms with Crippen molar-refractivity contribution < 1.29 is 9.59 Å². The van der Waals surface area contributed by atoms with E-state index in [4.69, 9.17) is 0 Å². The number of rotatable bonds is 9. The molecule has 0 spiro atoms. The van der Waals surface area contributed by atoms with Crippen LogP contribution in [0, 0.1) is 11.8 Å². The van der Waals surface area contributed by atoms with Gasteiger partial charge < -0.3 is 9.59 Å². The predicted molar refractivity (Wildman–Crippen MR) is 58.2 cm³/mol. The molecule has 0 amide bonds. The van der Waals surface area contributed by atoms with Crippen LogP contribution >= 0.6 is 0 Å². The molecular formula is C12H22O2. The molecule has 0 bridgehead atoms. The Morgan fingerprint density at radius 3 is 1.50 bits per heavy atom. The molecule has 2 nitrogen and oxygen atoms in total. The third-order valence-electron chi connectivity index (χ3n) is 2.64. The molecule has 0 saturated carbocycles. The van der Waals surface area contributed by atoms with Crippen LogP contribution in [0.25, 0.3) is 0 Å². The zero-order valence-corrected chi connectivity index (χ0v) is 9.37. The number of carbonyl (C=O) groups is 2. The molecule has 0 fully saturated rings. The Morgan fingerprint density at radius 1 is 0.857 bits per heavy atom. The standard InChI is InChI=1S/C12H22O2/c1-11(7-9-13)5-3-4-6-12(2)8-10-14/h9-12H,3-8H2,1-2H3. The average molecular weight is 198 g/mol. The van der Waals surface area contributed by atoms with E-state index < -0.39 is 0 Å². The van der Waals surface area contributed by atoms with E-state index in [1.165, 1.54) is 12.8 Å². The molecule has 0 aromatic carbocycles. The minimum absolute atomic E-state index is 0.522. The first-order chi connectivity index (χ1) is 6.70. The van der Waals surface area contributed by atoms with Gasteiger partial charge in [-0.1, -0.05) is 39.5 Å². The van der Waals surface area contributed by atoms with Crippen LogP contribution in [0.3, 0.4) is 0 Å². The lowest BCUT2D eigenvalue weighted by molar-refractivity contribution is -0.109. The Balaban J connectivity index is 3.27. The summed E-state index contributed by atoms with van der Waals surface area (Å²) in [6, 6.07) is 0. The van der Waals surface area contributed by atoms with Crippen LogP contribution < -0.4 is 0 Å². The second-order valence-corrected chi connectivity index (χ2v) is 4.30. The van der Waals surface area contributed by atoms with Crippen LogP contribution in [0.2, 0.25) is 0 Å². The quantitative estimate of drug-likeness (QED) is 0.421. The van der Waals surface area contributed by atoms with Gasteiger partial charge in [0.05, 0.1) is 0 Å². The molecule has 0 aromatic rings. The van der Waals surface area contributed by atoms with Crippen molar-refractivity contribution >= 4 is 12.6 Å². The summed E-state index contributed by atoms with van der Waals surface area (Å²) in [5.74, 6) is 1.04. The van der Waals surface area contributed by atoms with E-state index in [0.717, 1.165) is 25.4 Å². The van der Waals surface area contributed by atoms with Crippen LogP contribution in [-0.2, 0) is 9.59 Å². The minimum Gasteiger partial charge on any atom is -0.303 e. The first-order valence-electron chi connectivity index (χ1n) is 5.58. The van der Waals surface area contributed by atoms with Crippen molar-refractivity contribution in [3.8, 4) is 0 Å². The number of hydrogen-bond donors (Lipinski definition) is 0. The lowest BCUT2D eigenvalue weighted by Crippen LogP contribution is -1.98. The van der Waals surface area contributed by atoms with Crippen molar-refractivity contribution in [3.05, 3.63) is 0 Å².